The Morgan fingerprint density at radius 3 is 2.61 bits per heavy atom. The number of carbonyl (C=O) groups is 2. The number of para-hydroxylation sites is 1. The van der Waals surface area contributed by atoms with Gasteiger partial charge < -0.3 is 15.0 Å². The third-order valence-electron chi connectivity index (χ3n) is 7.14. The molecule has 1 N–H and O–H groups in total. The molecule has 1 fully saturated rings. The van der Waals surface area contributed by atoms with Crippen LogP contribution in [0.4, 0.5) is 5.69 Å². The molecule has 2 amide bonds. The van der Waals surface area contributed by atoms with E-state index in [0.29, 0.717) is 36.9 Å². The largest absolute Gasteiger partial charge is 0.457 e. The Morgan fingerprint density at radius 2 is 1.97 bits per heavy atom. The average molecular weight is 556 g/mol. The lowest BCUT2D eigenvalue weighted by Crippen LogP contribution is -2.63. The molecule has 0 saturated carbocycles. The number of anilines is 1. The zero-order valence-corrected chi connectivity index (χ0v) is 24.2. The SMILES string of the molecule is Cc1cc(Oc2ccccc2)ccc1N(C(=O)CCl)[C@@H](C(=O)N1CCN[C@@H](CC(C)C)C1)C1(C)CC=CS1. The highest BCUT2D eigenvalue weighted by molar-refractivity contribution is 8.03. The minimum Gasteiger partial charge on any atom is -0.457 e. The number of hydrogen-bond donors (Lipinski definition) is 1. The Bertz CT molecular complexity index is 1150. The monoisotopic (exact) mass is 555 g/mol. The van der Waals surface area contributed by atoms with Crippen LogP contribution in [0.1, 0.15) is 39.2 Å². The lowest BCUT2D eigenvalue weighted by molar-refractivity contribution is -0.136. The van der Waals surface area contributed by atoms with Crippen LogP contribution in [0.3, 0.4) is 0 Å². The molecule has 6 nitrogen and oxygen atoms in total. The molecule has 38 heavy (non-hydrogen) atoms. The molecular formula is C30H38ClN3O3S. The summed E-state index contributed by atoms with van der Waals surface area (Å²) in [7, 11) is 0. The Hall–Kier alpha value is -2.48. The second-order valence-electron chi connectivity index (χ2n) is 10.7. The molecule has 2 aromatic rings. The van der Waals surface area contributed by atoms with E-state index in [2.05, 4.69) is 32.2 Å². The molecule has 3 atom stereocenters. The quantitative estimate of drug-likeness (QED) is 0.385. The van der Waals surface area contributed by atoms with Gasteiger partial charge in [0.15, 0.2) is 0 Å². The van der Waals surface area contributed by atoms with Crippen LogP contribution in [0.5, 0.6) is 11.5 Å². The first-order valence-electron chi connectivity index (χ1n) is 13.3. The van der Waals surface area contributed by atoms with Gasteiger partial charge in [-0.3, -0.25) is 14.5 Å². The molecule has 2 heterocycles. The van der Waals surface area contributed by atoms with Gasteiger partial charge in [0.25, 0.3) is 0 Å². The van der Waals surface area contributed by atoms with E-state index in [0.717, 1.165) is 24.3 Å². The number of piperazine rings is 1. The number of halogens is 1. The van der Waals surface area contributed by atoms with Crippen molar-refractivity contribution in [2.24, 2.45) is 5.92 Å². The van der Waals surface area contributed by atoms with Gasteiger partial charge in [0, 0.05) is 31.4 Å². The molecule has 0 radical (unpaired) electrons. The highest BCUT2D eigenvalue weighted by Crippen LogP contribution is 2.44. The number of carbonyl (C=O) groups excluding carboxylic acids is 2. The number of thioether (sulfide) groups is 1. The second-order valence-corrected chi connectivity index (χ2v) is 12.4. The van der Waals surface area contributed by atoms with Crippen molar-refractivity contribution in [2.45, 2.75) is 57.4 Å². The highest BCUT2D eigenvalue weighted by Gasteiger charge is 2.48. The fourth-order valence-electron chi connectivity index (χ4n) is 5.35. The van der Waals surface area contributed by atoms with Gasteiger partial charge >= 0.3 is 0 Å². The van der Waals surface area contributed by atoms with Crippen LogP contribution in [0.15, 0.2) is 60.0 Å². The molecule has 1 unspecified atom stereocenters. The third kappa shape index (κ3) is 6.56. The number of benzene rings is 2. The Balaban J connectivity index is 1.69. The molecule has 2 aliphatic rings. The third-order valence-corrected chi connectivity index (χ3v) is 8.63. The van der Waals surface area contributed by atoms with Crippen molar-refractivity contribution in [3.05, 3.63) is 65.6 Å². The van der Waals surface area contributed by atoms with Crippen LogP contribution in [0.2, 0.25) is 0 Å². The second kappa shape index (κ2) is 12.6. The summed E-state index contributed by atoms with van der Waals surface area (Å²) in [6.45, 7) is 10.4. The summed E-state index contributed by atoms with van der Waals surface area (Å²) < 4.78 is 5.51. The molecule has 0 aromatic heterocycles. The zero-order chi connectivity index (χ0) is 27.3. The van der Waals surface area contributed by atoms with E-state index in [4.69, 9.17) is 16.3 Å². The summed E-state index contributed by atoms with van der Waals surface area (Å²) in [5.41, 5.74) is 1.52. The van der Waals surface area contributed by atoms with Crippen molar-refractivity contribution in [3.63, 3.8) is 0 Å². The van der Waals surface area contributed by atoms with E-state index < -0.39 is 10.8 Å². The number of aryl methyl sites for hydroxylation is 1. The lowest BCUT2D eigenvalue weighted by Gasteiger charge is -2.44. The van der Waals surface area contributed by atoms with Crippen LogP contribution >= 0.6 is 23.4 Å². The Labute approximate surface area is 235 Å². The van der Waals surface area contributed by atoms with Crippen LogP contribution in [0, 0.1) is 12.8 Å². The summed E-state index contributed by atoms with van der Waals surface area (Å²) in [4.78, 5) is 31.5. The molecule has 2 aromatic carbocycles. The molecule has 8 heteroatoms. The van der Waals surface area contributed by atoms with E-state index in [9.17, 15) is 9.59 Å². The van der Waals surface area contributed by atoms with Crippen LogP contribution in [-0.2, 0) is 9.59 Å². The number of alkyl halides is 1. The van der Waals surface area contributed by atoms with Crippen molar-refractivity contribution in [1.29, 1.82) is 0 Å². The van der Waals surface area contributed by atoms with Crippen molar-refractivity contribution >= 4 is 40.9 Å². The number of nitrogens with one attached hydrogen (secondary N) is 1. The molecular weight excluding hydrogens is 518 g/mol. The van der Waals surface area contributed by atoms with E-state index in [-0.39, 0.29) is 23.7 Å². The van der Waals surface area contributed by atoms with E-state index >= 15 is 0 Å². The number of amides is 2. The van der Waals surface area contributed by atoms with Crippen molar-refractivity contribution in [2.75, 3.05) is 30.4 Å². The maximum Gasteiger partial charge on any atom is 0.247 e. The Kier molecular flexibility index (Phi) is 9.45. The molecule has 204 valence electrons. The topological polar surface area (TPSA) is 61.9 Å². The van der Waals surface area contributed by atoms with Gasteiger partial charge in [-0.1, -0.05) is 38.1 Å². The van der Waals surface area contributed by atoms with Gasteiger partial charge in [0.2, 0.25) is 11.8 Å². The summed E-state index contributed by atoms with van der Waals surface area (Å²) in [5.74, 6) is 1.40. The van der Waals surface area contributed by atoms with Gasteiger partial charge in [-0.2, -0.15) is 0 Å². The summed E-state index contributed by atoms with van der Waals surface area (Å²) in [6, 6.07) is 14.7. The number of ether oxygens (including phenoxy) is 1. The van der Waals surface area contributed by atoms with Crippen molar-refractivity contribution in [3.8, 4) is 11.5 Å². The number of hydrogen-bond acceptors (Lipinski definition) is 5. The van der Waals surface area contributed by atoms with Gasteiger partial charge in [-0.15, -0.1) is 23.4 Å². The van der Waals surface area contributed by atoms with Crippen LogP contribution < -0.4 is 15.0 Å². The van der Waals surface area contributed by atoms with Crippen LogP contribution in [0.25, 0.3) is 0 Å². The first-order valence-corrected chi connectivity index (χ1v) is 14.7. The van der Waals surface area contributed by atoms with Crippen molar-refractivity contribution < 1.29 is 14.3 Å². The predicted molar refractivity (Wildman–Crippen MR) is 157 cm³/mol. The Morgan fingerprint density at radius 1 is 1.21 bits per heavy atom. The lowest BCUT2D eigenvalue weighted by atomic mass is 9.92. The first-order chi connectivity index (χ1) is 18.2. The molecule has 0 aliphatic carbocycles. The van der Waals surface area contributed by atoms with Crippen LogP contribution in [-0.4, -0.2) is 59.1 Å². The molecule has 2 aliphatic heterocycles. The van der Waals surface area contributed by atoms with E-state index in [1.54, 1.807) is 16.7 Å². The van der Waals surface area contributed by atoms with Gasteiger partial charge in [-0.25, -0.2) is 0 Å². The normalized spacial score (nSPS) is 21.9. The van der Waals surface area contributed by atoms with Gasteiger partial charge in [0.05, 0.1) is 4.75 Å². The fraction of sp³-hybridized carbons (Fsp3) is 0.467. The summed E-state index contributed by atoms with van der Waals surface area (Å²) >= 11 is 7.79. The smallest absolute Gasteiger partial charge is 0.247 e. The van der Waals surface area contributed by atoms with E-state index in [1.807, 2.05) is 65.8 Å². The minimum absolute atomic E-state index is 0.0264. The maximum atomic E-state index is 14.4. The molecule has 0 bridgehead atoms. The average Bonchev–Trinajstić information content (AvgIpc) is 3.34. The molecule has 1 saturated heterocycles. The standard InChI is InChI=1S/C30H38ClN3O3S/c1-21(2)17-23-20-33(15-14-32-23)29(36)28(30(4)13-8-16-38-30)34(27(35)19-31)26-12-11-25(18-22(26)3)37-24-9-6-5-7-10-24/h5-12,16,18,21,23,28,32H,13-15,17,19-20H2,1-4H3/t23-,28-,30?/m0/s1. The van der Waals surface area contributed by atoms with Gasteiger partial charge in [0.1, 0.15) is 23.4 Å². The van der Waals surface area contributed by atoms with Gasteiger partial charge in [-0.05, 0) is 73.9 Å². The summed E-state index contributed by atoms with van der Waals surface area (Å²) in [5, 5.41) is 5.59. The predicted octanol–water partition coefficient (Wildman–Crippen LogP) is 5.98. The van der Waals surface area contributed by atoms with Crippen molar-refractivity contribution in [1.82, 2.24) is 10.2 Å². The summed E-state index contributed by atoms with van der Waals surface area (Å²) in [6.07, 6.45) is 3.77. The highest BCUT2D eigenvalue weighted by atomic mass is 35.5. The van der Waals surface area contributed by atoms with E-state index in [1.165, 1.54) is 0 Å². The number of allylic oxidation sites excluding steroid dienone is 1. The number of nitrogens with zero attached hydrogens (tertiary/aromatic N) is 2. The maximum absolute atomic E-state index is 14.4. The number of rotatable bonds is 9. The molecule has 0 spiro atoms. The minimum atomic E-state index is -0.703. The zero-order valence-electron chi connectivity index (χ0n) is 22.7. The fourth-order valence-corrected chi connectivity index (χ4v) is 6.51. The first kappa shape index (κ1) is 28.5. The molecule has 4 rings (SSSR count).